The first-order chi connectivity index (χ1) is 10.2. The number of hydrogen-bond donors (Lipinski definition) is 1. The molecule has 2 aromatic carbocycles. The molecule has 2 N–H and O–H groups in total. The fraction of sp³-hybridized carbons (Fsp3) is 0.118. The molecule has 0 bridgehead atoms. The SMILES string of the molecule is COc1ccccc1N(C)c1ccc(N)c2cccnc12. The maximum absolute atomic E-state index is 6.04. The van der Waals surface area contributed by atoms with E-state index in [-0.39, 0.29) is 0 Å². The Labute approximate surface area is 123 Å². The van der Waals surface area contributed by atoms with Crippen LogP contribution in [0.25, 0.3) is 10.9 Å². The summed E-state index contributed by atoms with van der Waals surface area (Å²) in [4.78, 5) is 6.54. The number of nitrogen functional groups attached to an aromatic ring is 1. The molecule has 0 atom stereocenters. The first kappa shape index (κ1) is 13.2. The molecule has 0 amide bonds. The fourth-order valence-corrected chi connectivity index (χ4v) is 2.49. The smallest absolute Gasteiger partial charge is 0.142 e. The summed E-state index contributed by atoms with van der Waals surface area (Å²) in [5.74, 6) is 0.820. The van der Waals surface area contributed by atoms with Gasteiger partial charge in [0, 0.05) is 24.3 Å². The maximum atomic E-state index is 6.04. The molecule has 0 aliphatic carbocycles. The molecular formula is C17H17N3O. The van der Waals surface area contributed by atoms with Crippen LogP contribution in [0, 0.1) is 0 Å². The van der Waals surface area contributed by atoms with Crippen molar-refractivity contribution in [3.63, 3.8) is 0 Å². The second-order valence-electron chi connectivity index (χ2n) is 4.80. The third-order valence-corrected chi connectivity index (χ3v) is 3.59. The quantitative estimate of drug-likeness (QED) is 0.744. The van der Waals surface area contributed by atoms with Crippen LogP contribution >= 0.6 is 0 Å². The predicted molar refractivity (Wildman–Crippen MR) is 87.2 cm³/mol. The van der Waals surface area contributed by atoms with Gasteiger partial charge in [-0.05, 0) is 36.4 Å². The molecule has 1 aromatic heterocycles. The van der Waals surface area contributed by atoms with Gasteiger partial charge in [0.25, 0.3) is 0 Å². The van der Waals surface area contributed by atoms with Crippen LogP contribution in [0.4, 0.5) is 17.1 Å². The molecule has 3 aromatic rings. The van der Waals surface area contributed by atoms with Crippen molar-refractivity contribution < 1.29 is 4.74 Å². The number of nitrogens with zero attached hydrogens (tertiary/aromatic N) is 2. The van der Waals surface area contributed by atoms with Crippen LogP contribution in [-0.2, 0) is 0 Å². The number of fused-ring (bicyclic) bond motifs is 1. The van der Waals surface area contributed by atoms with E-state index in [4.69, 9.17) is 10.5 Å². The van der Waals surface area contributed by atoms with Crippen molar-refractivity contribution in [3.05, 3.63) is 54.7 Å². The van der Waals surface area contributed by atoms with E-state index in [2.05, 4.69) is 9.88 Å². The van der Waals surface area contributed by atoms with Crippen LogP contribution in [0.1, 0.15) is 0 Å². The Kier molecular flexibility index (Phi) is 3.36. The molecule has 106 valence electrons. The molecule has 0 spiro atoms. The van der Waals surface area contributed by atoms with Gasteiger partial charge in [-0.2, -0.15) is 0 Å². The Morgan fingerprint density at radius 1 is 1.00 bits per heavy atom. The van der Waals surface area contributed by atoms with Crippen molar-refractivity contribution in [1.82, 2.24) is 4.98 Å². The van der Waals surface area contributed by atoms with Crippen molar-refractivity contribution in [1.29, 1.82) is 0 Å². The number of ether oxygens (including phenoxy) is 1. The van der Waals surface area contributed by atoms with E-state index < -0.39 is 0 Å². The number of hydrogen-bond acceptors (Lipinski definition) is 4. The minimum Gasteiger partial charge on any atom is -0.495 e. The fourth-order valence-electron chi connectivity index (χ4n) is 2.49. The van der Waals surface area contributed by atoms with Gasteiger partial charge in [0.2, 0.25) is 0 Å². The Hall–Kier alpha value is -2.75. The first-order valence-electron chi connectivity index (χ1n) is 6.72. The molecule has 0 saturated carbocycles. The summed E-state index contributed by atoms with van der Waals surface area (Å²) in [6, 6.07) is 15.7. The zero-order chi connectivity index (χ0) is 14.8. The molecule has 4 nitrogen and oxygen atoms in total. The third-order valence-electron chi connectivity index (χ3n) is 3.59. The normalized spacial score (nSPS) is 10.6. The lowest BCUT2D eigenvalue weighted by Gasteiger charge is -2.23. The van der Waals surface area contributed by atoms with E-state index in [1.54, 1.807) is 13.3 Å². The molecule has 21 heavy (non-hydrogen) atoms. The largest absolute Gasteiger partial charge is 0.495 e. The molecule has 0 unspecified atom stereocenters. The van der Waals surface area contributed by atoms with Crippen LogP contribution in [-0.4, -0.2) is 19.1 Å². The highest BCUT2D eigenvalue weighted by molar-refractivity contribution is 6.00. The molecule has 0 fully saturated rings. The van der Waals surface area contributed by atoms with Gasteiger partial charge in [-0.1, -0.05) is 12.1 Å². The molecule has 0 aliphatic heterocycles. The highest BCUT2D eigenvalue weighted by atomic mass is 16.5. The standard InChI is InChI=1S/C17H17N3O/c1-20(14-7-3-4-8-16(14)21-2)15-10-9-13(18)12-6-5-11-19-17(12)15/h3-11H,18H2,1-2H3. The van der Waals surface area contributed by atoms with Crippen LogP contribution in [0.3, 0.4) is 0 Å². The van der Waals surface area contributed by atoms with Gasteiger partial charge in [0.1, 0.15) is 5.75 Å². The van der Waals surface area contributed by atoms with Crippen LogP contribution < -0.4 is 15.4 Å². The van der Waals surface area contributed by atoms with E-state index >= 15 is 0 Å². The summed E-state index contributed by atoms with van der Waals surface area (Å²) in [6.45, 7) is 0. The van der Waals surface area contributed by atoms with E-state index in [9.17, 15) is 0 Å². The molecule has 0 aliphatic rings. The van der Waals surface area contributed by atoms with E-state index in [0.29, 0.717) is 0 Å². The number of pyridine rings is 1. The lowest BCUT2D eigenvalue weighted by atomic mass is 10.1. The van der Waals surface area contributed by atoms with Crippen molar-refractivity contribution in [2.24, 2.45) is 0 Å². The average Bonchev–Trinajstić information content (AvgIpc) is 2.55. The molecule has 0 saturated heterocycles. The Morgan fingerprint density at radius 2 is 1.81 bits per heavy atom. The summed E-state index contributed by atoms with van der Waals surface area (Å²) in [7, 11) is 3.67. The van der Waals surface area contributed by atoms with Gasteiger partial charge in [0.15, 0.2) is 0 Å². The highest BCUT2D eigenvalue weighted by Crippen LogP contribution is 2.36. The van der Waals surface area contributed by atoms with Gasteiger partial charge in [-0.25, -0.2) is 0 Å². The third kappa shape index (κ3) is 2.25. The summed E-state index contributed by atoms with van der Waals surface area (Å²) in [6.07, 6.45) is 1.78. The number of nitrogens with two attached hydrogens (primary N) is 1. The predicted octanol–water partition coefficient (Wildman–Crippen LogP) is 3.59. The molecule has 0 radical (unpaired) electrons. The minimum atomic E-state index is 0.732. The monoisotopic (exact) mass is 279 g/mol. The summed E-state index contributed by atoms with van der Waals surface area (Å²) >= 11 is 0. The molecule has 3 rings (SSSR count). The van der Waals surface area contributed by atoms with Gasteiger partial charge < -0.3 is 15.4 Å². The average molecular weight is 279 g/mol. The van der Waals surface area contributed by atoms with Gasteiger partial charge >= 0.3 is 0 Å². The topological polar surface area (TPSA) is 51.4 Å². The number of aromatic nitrogens is 1. The van der Waals surface area contributed by atoms with Crippen LogP contribution in [0.5, 0.6) is 5.75 Å². The first-order valence-corrected chi connectivity index (χ1v) is 6.72. The van der Waals surface area contributed by atoms with E-state index in [1.807, 2.05) is 55.6 Å². The Bertz CT molecular complexity index is 786. The number of methoxy groups -OCH3 is 1. The summed E-state index contributed by atoms with van der Waals surface area (Å²) < 4.78 is 5.44. The lowest BCUT2D eigenvalue weighted by Crippen LogP contribution is -2.11. The van der Waals surface area contributed by atoms with Crippen molar-refractivity contribution >= 4 is 28.0 Å². The number of anilines is 3. The minimum absolute atomic E-state index is 0.732. The number of para-hydroxylation sites is 2. The maximum Gasteiger partial charge on any atom is 0.142 e. The second-order valence-corrected chi connectivity index (χ2v) is 4.80. The van der Waals surface area contributed by atoms with Gasteiger partial charge in [0.05, 0.1) is 24.0 Å². The Morgan fingerprint density at radius 3 is 2.62 bits per heavy atom. The summed E-state index contributed by atoms with van der Waals surface area (Å²) in [5.41, 5.74) is 9.62. The van der Waals surface area contributed by atoms with Crippen molar-refractivity contribution in [2.45, 2.75) is 0 Å². The zero-order valence-corrected chi connectivity index (χ0v) is 12.1. The highest BCUT2D eigenvalue weighted by Gasteiger charge is 2.13. The zero-order valence-electron chi connectivity index (χ0n) is 12.1. The number of benzene rings is 2. The Balaban J connectivity index is 2.18. The van der Waals surface area contributed by atoms with Crippen molar-refractivity contribution in [3.8, 4) is 5.75 Å². The van der Waals surface area contributed by atoms with Crippen molar-refractivity contribution in [2.75, 3.05) is 24.8 Å². The van der Waals surface area contributed by atoms with Gasteiger partial charge in [-0.15, -0.1) is 0 Å². The van der Waals surface area contributed by atoms with Crippen LogP contribution in [0.2, 0.25) is 0 Å². The molecule has 1 heterocycles. The van der Waals surface area contributed by atoms with Gasteiger partial charge in [-0.3, -0.25) is 4.98 Å². The number of rotatable bonds is 3. The molecule has 4 heteroatoms. The van der Waals surface area contributed by atoms with Crippen LogP contribution in [0.15, 0.2) is 54.7 Å². The second kappa shape index (κ2) is 5.32. The lowest BCUT2D eigenvalue weighted by molar-refractivity contribution is 0.415. The van der Waals surface area contributed by atoms with E-state index in [0.717, 1.165) is 33.7 Å². The molecular weight excluding hydrogens is 262 g/mol. The van der Waals surface area contributed by atoms with E-state index in [1.165, 1.54) is 0 Å². The summed E-state index contributed by atoms with van der Waals surface area (Å²) in [5, 5.41) is 0.955.